The Morgan fingerprint density at radius 2 is 2.05 bits per heavy atom. The molecule has 0 saturated carbocycles. The van der Waals surface area contributed by atoms with Gasteiger partial charge in [0, 0.05) is 19.7 Å². The summed E-state index contributed by atoms with van der Waals surface area (Å²) < 4.78 is 10.7. The van der Waals surface area contributed by atoms with E-state index in [-0.39, 0.29) is 5.91 Å². The number of nitrogen functional groups attached to an aromatic ring is 1. The van der Waals surface area contributed by atoms with Crippen molar-refractivity contribution in [3.8, 4) is 5.75 Å². The molecule has 0 aliphatic carbocycles. The van der Waals surface area contributed by atoms with Gasteiger partial charge in [0.05, 0.1) is 31.8 Å². The minimum absolute atomic E-state index is 0.0560. The van der Waals surface area contributed by atoms with Gasteiger partial charge >= 0.3 is 0 Å². The van der Waals surface area contributed by atoms with Gasteiger partial charge < -0.3 is 20.1 Å². The molecule has 0 spiro atoms. The zero-order valence-corrected chi connectivity index (χ0v) is 12.9. The van der Waals surface area contributed by atoms with Gasteiger partial charge in [-0.2, -0.15) is 0 Å². The van der Waals surface area contributed by atoms with Crippen molar-refractivity contribution in [3.63, 3.8) is 0 Å². The number of hydrogen-bond acceptors (Lipinski definition) is 5. The molecular formula is C15H23N3O3. The summed E-state index contributed by atoms with van der Waals surface area (Å²) in [5.41, 5.74) is 8.41. The number of ether oxygens (including phenoxy) is 2. The number of fused-ring (bicyclic) bond motifs is 1. The number of anilines is 2. The van der Waals surface area contributed by atoms with Crippen LogP contribution in [0.1, 0.15) is 19.4 Å². The molecule has 0 aromatic heterocycles. The highest BCUT2D eigenvalue weighted by molar-refractivity contribution is 5.97. The van der Waals surface area contributed by atoms with E-state index >= 15 is 0 Å². The molecule has 0 fully saturated rings. The van der Waals surface area contributed by atoms with Crippen LogP contribution in [0.25, 0.3) is 0 Å². The van der Waals surface area contributed by atoms with Crippen molar-refractivity contribution in [1.82, 2.24) is 4.90 Å². The van der Waals surface area contributed by atoms with E-state index in [1.807, 2.05) is 30.9 Å². The lowest BCUT2D eigenvalue weighted by Crippen LogP contribution is -2.38. The summed E-state index contributed by atoms with van der Waals surface area (Å²) >= 11 is 0. The third-order valence-corrected chi connectivity index (χ3v) is 3.57. The van der Waals surface area contributed by atoms with E-state index in [9.17, 15) is 4.79 Å². The second-order valence-corrected chi connectivity index (χ2v) is 4.97. The van der Waals surface area contributed by atoms with Crippen LogP contribution in [0.15, 0.2) is 12.1 Å². The largest absolute Gasteiger partial charge is 0.495 e. The lowest BCUT2D eigenvalue weighted by atomic mass is 10.1. The summed E-state index contributed by atoms with van der Waals surface area (Å²) in [7, 11) is 1.59. The average Bonchev–Trinajstić information content (AvgIpc) is 2.59. The third-order valence-electron chi connectivity index (χ3n) is 3.57. The molecule has 0 saturated heterocycles. The highest BCUT2D eigenvalue weighted by atomic mass is 16.5. The molecule has 1 aliphatic rings. The molecular weight excluding hydrogens is 270 g/mol. The fraction of sp³-hybridized carbons (Fsp3) is 0.533. The molecule has 6 heteroatoms. The quantitative estimate of drug-likeness (QED) is 0.832. The molecule has 1 aliphatic heterocycles. The van der Waals surface area contributed by atoms with Gasteiger partial charge in [0.25, 0.3) is 0 Å². The van der Waals surface area contributed by atoms with E-state index in [0.29, 0.717) is 44.4 Å². The molecule has 2 N–H and O–H groups in total. The minimum atomic E-state index is 0.0560. The molecule has 0 unspecified atom stereocenters. The topological polar surface area (TPSA) is 68.0 Å². The highest BCUT2D eigenvalue weighted by Gasteiger charge is 2.26. The van der Waals surface area contributed by atoms with Crippen LogP contribution in [-0.4, -0.2) is 44.3 Å². The zero-order valence-electron chi connectivity index (χ0n) is 12.9. The summed E-state index contributed by atoms with van der Waals surface area (Å²) in [6.45, 7) is 6.54. The van der Waals surface area contributed by atoms with Crippen molar-refractivity contribution in [3.05, 3.63) is 17.7 Å². The first-order chi connectivity index (χ1) is 10.1. The van der Waals surface area contributed by atoms with Crippen LogP contribution in [0, 0.1) is 0 Å². The van der Waals surface area contributed by atoms with Crippen molar-refractivity contribution in [2.45, 2.75) is 20.4 Å². The molecule has 0 radical (unpaired) electrons. The Bertz CT molecular complexity index is 519. The number of nitrogens with two attached hydrogens (primary N) is 1. The zero-order chi connectivity index (χ0) is 15.4. The van der Waals surface area contributed by atoms with Crippen molar-refractivity contribution >= 4 is 17.3 Å². The second-order valence-electron chi connectivity index (χ2n) is 4.97. The molecule has 21 heavy (non-hydrogen) atoms. The van der Waals surface area contributed by atoms with Crippen LogP contribution in [0.5, 0.6) is 5.75 Å². The highest BCUT2D eigenvalue weighted by Crippen LogP contribution is 2.34. The summed E-state index contributed by atoms with van der Waals surface area (Å²) in [6, 6.07) is 3.73. The Labute approximate surface area is 125 Å². The Morgan fingerprint density at radius 1 is 1.29 bits per heavy atom. The van der Waals surface area contributed by atoms with Gasteiger partial charge in [-0.15, -0.1) is 0 Å². The lowest BCUT2D eigenvalue weighted by Gasteiger charge is -2.22. The van der Waals surface area contributed by atoms with Crippen molar-refractivity contribution < 1.29 is 14.3 Å². The van der Waals surface area contributed by atoms with E-state index in [0.717, 1.165) is 11.3 Å². The number of likely N-dealkylation sites (N-methyl/N-ethyl adjacent to an activating group) is 1. The smallest absolute Gasteiger partial charge is 0.241 e. The van der Waals surface area contributed by atoms with E-state index < -0.39 is 0 Å². The van der Waals surface area contributed by atoms with Crippen LogP contribution in [0.3, 0.4) is 0 Å². The molecule has 2 rings (SSSR count). The average molecular weight is 293 g/mol. The van der Waals surface area contributed by atoms with Crippen molar-refractivity contribution in [1.29, 1.82) is 0 Å². The number of carbonyl (C=O) groups excluding carboxylic acids is 1. The first-order valence-corrected chi connectivity index (χ1v) is 7.17. The van der Waals surface area contributed by atoms with Gasteiger partial charge in [-0.25, -0.2) is 0 Å². The fourth-order valence-electron chi connectivity index (χ4n) is 2.55. The molecule has 1 amide bonds. The van der Waals surface area contributed by atoms with Crippen LogP contribution < -0.4 is 15.4 Å². The lowest BCUT2D eigenvalue weighted by molar-refractivity contribution is -0.121. The molecule has 1 heterocycles. The van der Waals surface area contributed by atoms with Crippen LogP contribution >= 0.6 is 0 Å². The van der Waals surface area contributed by atoms with Gasteiger partial charge in [0.2, 0.25) is 5.91 Å². The Morgan fingerprint density at radius 3 is 2.67 bits per heavy atom. The maximum Gasteiger partial charge on any atom is 0.241 e. The SMILES string of the molecule is CCOCN1CC(=O)N(CC)c2cc(N)c(OC)cc2C1. The summed E-state index contributed by atoms with van der Waals surface area (Å²) in [5.74, 6) is 0.691. The van der Waals surface area contributed by atoms with Gasteiger partial charge in [0.15, 0.2) is 0 Å². The van der Waals surface area contributed by atoms with Crippen LogP contribution in [-0.2, 0) is 16.1 Å². The Hall–Kier alpha value is -1.79. The predicted molar refractivity (Wildman–Crippen MR) is 82.3 cm³/mol. The fourth-order valence-corrected chi connectivity index (χ4v) is 2.55. The van der Waals surface area contributed by atoms with Crippen molar-refractivity contribution in [2.24, 2.45) is 0 Å². The Balaban J connectivity index is 2.40. The minimum Gasteiger partial charge on any atom is -0.495 e. The number of methoxy groups -OCH3 is 1. The second kappa shape index (κ2) is 6.78. The van der Waals surface area contributed by atoms with Gasteiger partial charge in [-0.3, -0.25) is 9.69 Å². The Kier molecular flexibility index (Phi) is 5.03. The van der Waals surface area contributed by atoms with Crippen molar-refractivity contribution in [2.75, 3.05) is 44.2 Å². The summed E-state index contributed by atoms with van der Waals surface area (Å²) in [4.78, 5) is 16.1. The maximum absolute atomic E-state index is 12.4. The summed E-state index contributed by atoms with van der Waals surface area (Å²) in [5, 5.41) is 0. The predicted octanol–water partition coefficient (Wildman–Crippen LogP) is 1.44. The molecule has 1 aromatic rings. The standard InChI is InChI=1S/C15H23N3O3/c1-4-18-13-7-12(16)14(20-3)6-11(13)8-17(9-15(18)19)10-21-5-2/h6-7H,4-5,8-10,16H2,1-3H3. The van der Waals surface area contributed by atoms with Gasteiger partial charge in [-0.1, -0.05) is 0 Å². The number of hydrogen-bond donors (Lipinski definition) is 1. The van der Waals surface area contributed by atoms with E-state index in [4.69, 9.17) is 15.2 Å². The first-order valence-electron chi connectivity index (χ1n) is 7.17. The van der Waals surface area contributed by atoms with E-state index in [2.05, 4.69) is 0 Å². The van der Waals surface area contributed by atoms with E-state index in [1.54, 1.807) is 12.0 Å². The number of nitrogens with zero attached hydrogens (tertiary/aromatic N) is 2. The number of rotatable bonds is 5. The molecule has 6 nitrogen and oxygen atoms in total. The third kappa shape index (κ3) is 3.28. The molecule has 0 atom stereocenters. The number of benzene rings is 1. The summed E-state index contributed by atoms with van der Waals surface area (Å²) in [6.07, 6.45) is 0. The van der Waals surface area contributed by atoms with E-state index in [1.165, 1.54) is 0 Å². The monoisotopic (exact) mass is 293 g/mol. The van der Waals surface area contributed by atoms with Crippen LogP contribution in [0.4, 0.5) is 11.4 Å². The normalized spacial score (nSPS) is 15.8. The maximum atomic E-state index is 12.4. The molecule has 0 bridgehead atoms. The van der Waals surface area contributed by atoms with Gasteiger partial charge in [-0.05, 0) is 31.5 Å². The first kappa shape index (κ1) is 15.6. The number of carbonyl (C=O) groups is 1. The number of amides is 1. The van der Waals surface area contributed by atoms with Gasteiger partial charge in [0.1, 0.15) is 5.75 Å². The molecule has 116 valence electrons. The molecule has 1 aromatic carbocycles. The van der Waals surface area contributed by atoms with Crippen LogP contribution in [0.2, 0.25) is 0 Å².